The van der Waals surface area contributed by atoms with Gasteiger partial charge in [-0.1, -0.05) is 36.4 Å². The Balaban J connectivity index is 2.26. The summed E-state index contributed by atoms with van der Waals surface area (Å²) in [6.45, 7) is 9.14. The molecule has 104 valence electrons. The summed E-state index contributed by atoms with van der Waals surface area (Å²) in [7, 11) is 0. The first-order valence-corrected chi connectivity index (χ1v) is 6.34. The maximum absolute atomic E-state index is 11.6. The number of hydrogen-bond donors (Lipinski definition) is 2. The van der Waals surface area contributed by atoms with Crippen molar-refractivity contribution < 1.29 is 9.53 Å². The van der Waals surface area contributed by atoms with Gasteiger partial charge in [-0.2, -0.15) is 0 Å². The fraction of sp³-hybridized carbons (Fsp3) is 0.400. The number of ether oxygens (including phenoxy) is 1. The second-order valence-electron chi connectivity index (χ2n) is 4.97. The second kappa shape index (κ2) is 7.59. The van der Waals surface area contributed by atoms with Gasteiger partial charge in [-0.15, -0.1) is 6.58 Å². The maximum atomic E-state index is 11.6. The summed E-state index contributed by atoms with van der Waals surface area (Å²) in [5.41, 5.74) is 0.779. The summed E-state index contributed by atoms with van der Waals surface area (Å²) < 4.78 is 5.13. The Labute approximate surface area is 114 Å². The minimum atomic E-state index is -0.405. The lowest BCUT2D eigenvalue weighted by atomic mass is 10.1. The van der Waals surface area contributed by atoms with Crippen molar-refractivity contribution in [3.05, 3.63) is 48.6 Å². The highest BCUT2D eigenvalue weighted by Crippen LogP contribution is 2.02. The number of rotatable bonds is 7. The van der Waals surface area contributed by atoms with E-state index in [1.54, 1.807) is 6.08 Å². The van der Waals surface area contributed by atoms with Gasteiger partial charge < -0.3 is 15.4 Å². The first-order valence-electron chi connectivity index (χ1n) is 6.34. The Morgan fingerprint density at radius 1 is 1.37 bits per heavy atom. The fourth-order valence-electron chi connectivity index (χ4n) is 1.48. The summed E-state index contributed by atoms with van der Waals surface area (Å²) in [6, 6.07) is 9.60. The van der Waals surface area contributed by atoms with Gasteiger partial charge >= 0.3 is 6.09 Å². The van der Waals surface area contributed by atoms with Gasteiger partial charge in [0, 0.05) is 18.6 Å². The molecule has 0 atom stereocenters. The topological polar surface area (TPSA) is 50.4 Å². The molecular weight excluding hydrogens is 240 g/mol. The van der Waals surface area contributed by atoms with E-state index in [1.807, 2.05) is 44.2 Å². The van der Waals surface area contributed by atoms with Crippen molar-refractivity contribution in [3.8, 4) is 0 Å². The smallest absolute Gasteiger partial charge is 0.407 e. The molecule has 1 amide bonds. The third kappa shape index (κ3) is 6.62. The van der Waals surface area contributed by atoms with Gasteiger partial charge in [-0.25, -0.2) is 4.79 Å². The fourth-order valence-corrected chi connectivity index (χ4v) is 1.48. The third-order valence-electron chi connectivity index (χ3n) is 2.61. The highest BCUT2D eigenvalue weighted by atomic mass is 16.5. The highest BCUT2D eigenvalue weighted by Gasteiger charge is 2.17. The summed E-state index contributed by atoms with van der Waals surface area (Å²) in [5, 5.41) is 5.99. The average Bonchev–Trinajstić information content (AvgIpc) is 2.42. The van der Waals surface area contributed by atoms with Gasteiger partial charge in [0.1, 0.15) is 6.61 Å². The summed E-state index contributed by atoms with van der Waals surface area (Å²) in [5.74, 6) is 0. The van der Waals surface area contributed by atoms with Crippen molar-refractivity contribution >= 4 is 6.09 Å². The van der Waals surface area contributed by atoms with Crippen LogP contribution in [-0.2, 0) is 11.3 Å². The van der Waals surface area contributed by atoms with Crippen molar-refractivity contribution in [1.29, 1.82) is 0 Å². The number of nitrogens with one attached hydrogen (secondary N) is 2. The summed E-state index contributed by atoms with van der Waals surface area (Å²) >= 11 is 0. The molecular formula is C15H22N2O2. The van der Waals surface area contributed by atoms with E-state index < -0.39 is 6.09 Å². The molecule has 1 aromatic carbocycles. The van der Waals surface area contributed by atoms with E-state index in [0.717, 1.165) is 5.56 Å². The first-order chi connectivity index (χ1) is 9.03. The highest BCUT2D eigenvalue weighted by molar-refractivity contribution is 5.67. The van der Waals surface area contributed by atoms with Crippen LogP contribution < -0.4 is 10.6 Å². The van der Waals surface area contributed by atoms with E-state index in [2.05, 4.69) is 17.2 Å². The van der Waals surface area contributed by atoms with Crippen LogP contribution >= 0.6 is 0 Å². The Morgan fingerprint density at radius 3 is 2.68 bits per heavy atom. The van der Waals surface area contributed by atoms with Crippen LogP contribution in [-0.4, -0.2) is 24.7 Å². The number of benzene rings is 1. The number of amides is 1. The molecule has 4 nitrogen and oxygen atoms in total. The standard InChI is InChI=1S/C15H22N2O2/c1-4-10-17-15(2,3)12-16-14(18)19-11-13-8-6-5-7-9-13/h4-9,17H,1,10-12H2,2-3H3,(H,16,18). The Hall–Kier alpha value is -1.81. The molecule has 0 aliphatic heterocycles. The SMILES string of the molecule is C=CCNC(C)(C)CNC(=O)OCc1ccccc1. The monoisotopic (exact) mass is 262 g/mol. The van der Waals surface area contributed by atoms with Crippen molar-refractivity contribution in [3.63, 3.8) is 0 Å². The van der Waals surface area contributed by atoms with E-state index in [4.69, 9.17) is 4.74 Å². The van der Waals surface area contributed by atoms with Crippen LogP contribution in [0.3, 0.4) is 0 Å². The van der Waals surface area contributed by atoms with Gasteiger partial charge in [0.05, 0.1) is 0 Å². The minimum Gasteiger partial charge on any atom is -0.445 e. The van der Waals surface area contributed by atoms with Gasteiger partial charge in [-0.05, 0) is 19.4 Å². The molecule has 0 radical (unpaired) electrons. The van der Waals surface area contributed by atoms with Gasteiger partial charge in [0.25, 0.3) is 0 Å². The molecule has 0 saturated heterocycles. The molecule has 0 heterocycles. The number of carbonyl (C=O) groups is 1. The molecule has 2 N–H and O–H groups in total. The van der Waals surface area contributed by atoms with Crippen LogP contribution in [0.25, 0.3) is 0 Å². The number of hydrogen-bond acceptors (Lipinski definition) is 3. The zero-order valence-corrected chi connectivity index (χ0v) is 11.6. The lowest BCUT2D eigenvalue weighted by Gasteiger charge is -2.25. The zero-order chi connectivity index (χ0) is 14.1. The first kappa shape index (κ1) is 15.2. The Morgan fingerprint density at radius 2 is 2.05 bits per heavy atom. The summed E-state index contributed by atoms with van der Waals surface area (Å²) in [4.78, 5) is 11.6. The van der Waals surface area contributed by atoms with Crippen LogP contribution in [0.1, 0.15) is 19.4 Å². The van der Waals surface area contributed by atoms with Crippen molar-refractivity contribution in [2.45, 2.75) is 26.0 Å². The lowest BCUT2D eigenvalue weighted by molar-refractivity contribution is 0.136. The third-order valence-corrected chi connectivity index (χ3v) is 2.61. The molecule has 0 aliphatic rings. The lowest BCUT2D eigenvalue weighted by Crippen LogP contribution is -2.49. The van der Waals surface area contributed by atoms with Gasteiger partial charge in [0.15, 0.2) is 0 Å². The van der Waals surface area contributed by atoms with Gasteiger partial charge in [0.2, 0.25) is 0 Å². The van der Waals surface area contributed by atoms with E-state index in [1.165, 1.54) is 0 Å². The van der Waals surface area contributed by atoms with E-state index >= 15 is 0 Å². The Bertz CT molecular complexity index is 402. The molecule has 1 rings (SSSR count). The largest absolute Gasteiger partial charge is 0.445 e. The van der Waals surface area contributed by atoms with Crippen molar-refractivity contribution in [2.24, 2.45) is 0 Å². The Kier molecular flexibility index (Phi) is 6.09. The average molecular weight is 262 g/mol. The van der Waals surface area contributed by atoms with Crippen molar-refractivity contribution in [2.75, 3.05) is 13.1 Å². The molecule has 0 spiro atoms. The summed E-state index contributed by atoms with van der Waals surface area (Å²) in [6.07, 6.45) is 1.38. The molecule has 0 unspecified atom stereocenters. The van der Waals surface area contributed by atoms with E-state index in [0.29, 0.717) is 13.1 Å². The molecule has 0 aromatic heterocycles. The van der Waals surface area contributed by atoms with Crippen LogP contribution in [0, 0.1) is 0 Å². The minimum absolute atomic E-state index is 0.194. The normalized spacial score (nSPS) is 10.8. The van der Waals surface area contributed by atoms with Gasteiger partial charge in [-0.3, -0.25) is 0 Å². The molecule has 4 heteroatoms. The van der Waals surface area contributed by atoms with Crippen LogP contribution in [0.5, 0.6) is 0 Å². The molecule has 19 heavy (non-hydrogen) atoms. The van der Waals surface area contributed by atoms with Crippen molar-refractivity contribution in [1.82, 2.24) is 10.6 Å². The molecule has 1 aromatic rings. The van der Waals surface area contributed by atoms with E-state index in [9.17, 15) is 4.79 Å². The molecule has 0 bridgehead atoms. The second-order valence-corrected chi connectivity index (χ2v) is 4.97. The molecule has 0 saturated carbocycles. The maximum Gasteiger partial charge on any atom is 0.407 e. The number of carbonyl (C=O) groups excluding carboxylic acids is 1. The number of alkyl carbamates (subject to hydrolysis) is 1. The molecule has 0 aliphatic carbocycles. The quantitative estimate of drug-likeness (QED) is 0.742. The predicted octanol–water partition coefficient (Wildman–Crippen LogP) is 2.47. The predicted molar refractivity (Wildman–Crippen MR) is 76.9 cm³/mol. The van der Waals surface area contributed by atoms with Crippen LogP contribution in [0.4, 0.5) is 4.79 Å². The van der Waals surface area contributed by atoms with Crippen LogP contribution in [0.15, 0.2) is 43.0 Å². The van der Waals surface area contributed by atoms with E-state index in [-0.39, 0.29) is 12.1 Å². The molecule has 0 fully saturated rings. The zero-order valence-electron chi connectivity index (χ0n) is 11.6. The van der Waals surface area contributed by atoms with Crippen LogP contribution in [0.2, 0.25) is 0 Å².